The van der Waals surface area contributed by atoms with E-state index in [9.17, 15) is 4.79 Å². The molecule has 0 spiro atoms. The number of aromatic nitrogens is 2. The van der Waals surface area contributed by atoms with Gasteiger partial charge in [0.05, 0.1) is 13.3 Å². The number of nitrogens with zero attached hydrogens (tertiary/aromatic N) is 5. The third kappa shape index (κ3) is 6.71. The summed E-state index contributed by atoms with van der Waals surface area (Å²) in [6.45, 7) is 12.7. The standard InChI is InChI=1S/C24H36N6O3/c1-18(2)30(19(3)4)14-15-33-22-16-20(6-7-21(22)32-5)27-24(31)29-12-10-28(11-13-29)23-17-25-8-9-26-23/h6-9,16-19H,10-15H2,1-5H3,(H,27,31). The third-order valence-corrected chi connectivity index (χ3v) is 5.79. The molecule has 1 fully saturated rings. The molecule has 1 saturated heterocycles. The van der Waals surface area contributed by atoms with Gasteiger partial charge >= 0.3 is 6.03 Å². The Morgan fingerprint density at radius 3 is 2.42 bits per heavy atom. The van der Waals surface area contributed by atoms with Crippen molar-refractivity contribution in [3.63, 3.8) is 0 Å². The first-order valence-corrected chi connectivity index (χ1v) is 11.5. The summed E-state index contributed by atoms with van der Waals surface area (Å²) in [5.41, 5.74) is 0.678. The number of amides is 2. The van der Waals surface area contributed by atoms with Crippen LogP contribution >= 0.6 is 0 Å². The largest absolute Gasteiger partial charge is 0.493 e. The van der Waals surface area contributed by atoms with Crippen molar-refractivity contribution >= 4 is 17.5 Å². The van der Waals surface area contributed by atoms with Gasteiger partial charge in [0.1, 0.15) is 12.4 Å². The molecule has 0 aliphatic carbocycles. The van der Waals surface area contributed by atoms with E-state index in [1.165, 1.54) is 0 Å². The molecule has 1 N–H and O–H groups in total. The van der Waals surface area contributed by atoms with Gasteiger partial charge in [-0.25, -0.2) is 9.78 Å². The predicted molar refractivity (Wildman–Crippen MR) is 130 cm³/mol. The van der Waals surface area contributed by atoms with Crippen molar-refractivity contribution in [3.8, 4) is 11.5 Å². The molecular formula is C24H36N6O3. The molecule has 0 bridgehead atoms. The Bertz CT molecular complexity index is 877. The molecule has 0 saturated carbocycles. The van der Waals surface area contributed by atoms with Gasteiger partial charge in [0.25, 0.3) is 0 Å². The van der Waals surface area contributed by atoms with Gasteiger partial charge in [0.15, 0.2) is 11.5 Å². The first-order chi connectivity index (χ1) is 15.9. The van der Waals surface area contributed by atoms with Crippen molar-refractivity contribution in [2.45, 2.75) is 39.8 Å². The fourth-order valence-corrected chi connectivity index (χ4v) is 4.04. The molecule has 3 rings (SSSR count). The Kier molecular flexibility index (Phi) is 8.71. The van der Waals surface area contributed by atoms with Crippen molar-refractivity contribution in [2.24, 2.45) is 0 Å². The van der Waals surface area contributed by atoms with E-state index in [2.05, 4.69) is 52.8 Å². The smallest absolute Gasteiger partial charge is 0.321 e. The number of rotatable bonds is 9. The van der Waals surface area contributed by atoms with E-state index < -0.39 is 0 Å². The van der Waals surface area contributed by atoms with E-state index in [1.54, 1.807) is 30.6 Å². The van der Waals surface area contributed by atoms with Gasteiger partial charge < -0.3 is 24.6 Å². The van der Waals surface area contributed by atoms with Crippen LogP contribution in [0, 0.1) is 0 Å². The highest BCUT2D eigenvalue weighted by Gasteiger charge is 2.22. The number of ether oxygens (including phenoxy) is 2. The van der Waals surface area contributed by atoms with Gasteiger partial charge in [-0.1, -0.05) is 0 Å². The molecule has 2 amide bonds. The second-order valence-electron chi connectivity index (χ2n) is 8.61. The first kappa shape index (κ1) is 24.6. The zero-order chi connectivity index (χ0) is 23.8. The van der Waals surface area contributed by atoms with E-state index in [4.69, 9.17) is 9.47 Å². The molecule has 0 radical (unpaired) electrons. The Labute approximate surface area is 196 Å². The van der Waals surface area contributed by atoms with E-state index in [0.29, 0.717) is 62.1 Å². The van der Waals surface area contributed by atoms with Crippen molar-refractivity contribution in [2.75, 3.05) is 56.7 Å². The summed E-state index contributed by atoms with van der Waals surface area (Å²) in [5, 5.41) is 2.99. The summed E-state index contributed by atoms with van der Waals surface area (Å²) < 4.78 is 11.5. The summed E-state index contributed by atoms with van der Waals surface area (Å²) in [6.07, 6.45) is 5.09. The van der Waals surface area contributed by atoms with Crippen LogP contribution in [0.4, 0.5) is 16.3 Å². The van der Waals surface area contributed by atoms with E-state index in [0.717, 1.165) is 12.4 Å². The van der Waals surface area contributed by atoms with Gasteiger partial charge in [-0.2, -0.15) is 0 Å². The Morgan fingerprint density at radius 2 is 1.82 bits per heavy atom. The molecule has 2 aromatic rings. The van der Waals surface area contributed by atoms with Gasteiger partial charge in [-0.05, 0) is 39.8 Å². The topological polar surface area (TPSA) is 83.1 Å². The average molecular weight is 457 g/mol. The lowest BCUT2D eigenvalue weighted by Crippen LogP contribution is -2.50. The number of nitrogens with one attached hydrogen (secondary N) is 1. The summed E-state index contributed by atoms with van der Waals surface area (Å²) >= 11 is 0. The second kappa shape index (κ2) is 11.7. The van der Waals surface area contributed by atoms with E-state index in [-0.39, 0.29) is 6.03 Å². The van der Waals surface area contributed by atoms with Crippen molar-refractivity contribution < 1.29 is 14.3 Å². The molecule has 1 aromatic heterocycles. The molecule has 33 heavy (non-hydrogen) atoms. The van der Waals surface area contributed by atoms with E-state index >= 15 is 0 Å². The number of hydrogen-bond acceptors (Lipinski definition) is 7. The lowest BCUT2D eigenvalue weighted by molar-refractivity contribution is 0.140. The summed E-state index contributed by atoms with van der Waals surface area (Å²) in [5.74, 6) is 2.10. The predicted octanol–water partition coefficient (Wildman–Crippen LogP) is 3.34. The van der Waals surface area contributed by atoms with Gasteiger partial charge in [-0.15, -0.1) is 0 Å². The molecule has 0 unspecified atom stereocenters. The van der Waals surface area contributed by atoms with Crippen molar-refractivity contribution in [1.29, 1.82) is 0 Å². The van der Waals surface area contributed by atoms with E-state index in [1.807, 2.05) is 18.2 Å². The van der Waals surface area contributed by atoms with Crippen LogP contribution < -0.4 is 19.7 Å². The SMILES string of the molecule is COc1ccc(NC(=O)N2CCN(c3cnccn3)CC2)cc1OCCN(C(C)C)C(C)C. The van der Waals surface area contributed by atoms with Crippen molar-refractivity contribution in [3.05, 3.63) is 36.8 Å². The summed E-state index contributed by atoms with van der Waals surface area (Å²) in [7, 11) is 1.62. The van der Waals surface area contributed by atoms with Crippen molar-refractivity contribution in [1.82, 2.24) is 19.8 Å². The normalized spacial score (nSPS) is 14.2. The fraction of sp³-hybridized carbons (Fsp3) is 0.542. The molecule has 0 atom stereocenters. The maximum atomic E-state index is 12.8. The van der Waals surface area contributed by atoms with Crippen LogP contribution in [-0.4, -0.2) is 84.3 Å². The molecule has 9 heteroatoms. The lowest BCUT2D eigenvalue weighted by atomic mass is 10.2. The Morgan fingerprint density at radius 1 is 1.09 bits per heavy atom. The molecular weight excluding hydrogens is 420 g/mol. The average Bonchev–Trinajstić information content (AvgIpc) is 2.82. The van der Waals surface area contributed by atoms with Crippen LogP contribution in [0.5, 0.6) is 11.5 Å². The quantitative estimate of drug-likeness (QED) is 0.620. The minimum atomic E-state index is -0.129. The van der Waals surface area contributed by atoms with Crippen LogP contribution in [-0.2, 0) is 0 Å². The maximum absolute atomic E-state index is 12.8. The minimum absolute atomic E-state index is 0.129. The number of hydrogen-bond donors (Lipinski definition) is 1. The second-order valence-corrected chi connectivity index (χ2v) is 8.61. The van der Waals surface area contributed by atoms with Crippen LogP contribution in [0.2, 0.25) is 0 Å². The molecule has 9 nitrogen and oxygen atoms in total. The minimum Gasteiger partial charge on any atom is -0.493 e. The first-order valence-electron chi connectivity index (χ1n) is 11.5. The number of urea groups is 1. The van der Waals surface area contributed by atoms with Crippen LogP contribution in [0.1, 0.15) is 27.7 Å². The highest BCUT2D eigenvalue weighted by Crippen LogP contribution is 2.30. The van der Waals surface area contributed by atoms with Gasteiger partial charge in [0, 0.05) is 69.0 Å². The molecule has 1 aliphatic rings. The molecule has 1 aromatic carbocycles. The number of carbonyl (C=O) groups is 1. The highest BCUT2D eigenvalue weighted by molar-refractivity contribution is 5.90. The fourth-order valence-electron chi connectivity index (χ4n) is 4.04. The number of anilines is 2. The van der Waals surface area contributed by atoms with Crippen LogP contribution in [0.25, 0.3) is 0 Å². The van der Waals surface area contributed by atoms with Crippen LogP contribution in [0.15, 0.2) is 36.8 Å². The lowest BCUT2D eigenvalue weighted by Gasteiger charge is -2.35. The number of benzene rings is 1. The molecule has 2 heterocycles. The Balaban J connectivity index is 1.56. The third-order valence-electron chi connectivity index (χ3n) is 5.79. The summed E-state index contributed by atoms with van der Waals surface area (Å²) in [6, 6.07) is 6.22. The highest BCUT2D eigenvalue weighted by atomic mass is 16.5. The number of carbonyl (C=O) groups excluding carboxylic acids is 1. The maximum Gasteiger partial charge on any atom is 0.321 e. The monoisotopic (exact) mass is 456 g/mol. The van der Waals surface area contributed by atoms with Gasteiger partial charge in [0.2, 0.25) is 0 Å². The summed E-state index contributed by atoms with van der Waals surface area (Å²) in [4.78, 5) is 27.6. The number of piperazine rings is 1. The zero-order valence-corrected chi connectivity index (χ0v) is 20.3. The number of methoxy groups -OCH3 is 1. The molecule has 1 aliphatic heterocycles. The van der Waals surface area contributed by atoms with Crippen LogP contribution in [0.3, 0.4) is 0 Å². The van der Waals surface area contributed by atoms with Gasteiger partial charge in [-0.3, -0.25) is 9.88 Å². The molecule has 180 valence electrons. The Hall–Kier alpha value is -3.07. The zero-order valence-electron chi connectivity index (χ0n) is 20.3.